The Bertz CT molecular complexity index is 1190. The number of hydrogen-bond donors (Lipinski definition) is 1. The predicted octanol–water partition coefficient (Wildman–Crippen LogP) is 2.46. The van der Waals surface area contributed by atoms with Gasteiger partial charge < -0.3 is 19.6 Å². The smallest absolute Gasteiger partial charge is 0.259 e. The van der Waals surface area contributed by atoms with Crippen LogP contribution >= 0.6 is 0 Å². The Morgan fingerprint density at radius 3 is 2.67 bits per heavy atom. The van der Waals surface area contributed by atoms with Crippen molar-refractivity contribution in [2.24, 2.45) is 5.92 Å². The fourth-order valence-corrected chi connectivity index (χ4v) is 4.21. The maximum Gasteiger partial charge on any atom is 0.259 e. The van der Waals surface area contributed by atoms with E-state index in [9.17, 15) is 14.7 Å². The van der Waals surface area contributed by atoms with Gasteiger partial charge in [-0.3, -0.25) is 19.6 Å². The molecule has 0 saturated heterocycles. The molecule has 9 heteroatoms. The molecule has 0 radical (unpaired) electrons. The molecular weight excluding hydrogens is 458 g/mol. The Kier molecular flexibility index (Phi) is 7.90. The molecule has 1 N–H and O–H groups in total. The molecule has 0 spiro atoms. The molecule has 0 aromatic carbocycles. The summed E-state index contributed by atoms with van der Waals surface area (Å²) < 4.78 is 6.30. The van der Waals surface area contributed by atoms with Crippen LogP contribution in [0.5, 0.6) is 5.88 Å². The molecular formula is C27H31N5O4. The minimum atomic E-state index is -0.410. The molecule has 1 aliphatic rings. The van der Waals surface area contributed by atoms with Crippen LogP contribution in [0.1, 0.15) is 29.8 Å². The van der Waals surface area contributed by atoms with Crippen LogP contribution in [0.25, 0.3) is 11.1 Å². The lowest BCUT2D eigenvalue weighted by atomic mass is 9.99. The van der Waals surface area contributed by atoms with E-state index in [1.54, 1.807) is 60.0 Å². The quantitative estimate of drug-likeness (QED) is 0.543. The summed E-state index contributed by atoms with van der Waals surface area (Å²) in [5, 5.41) is 9.85. The van der Waals surface area contributed by atoms with Crippen molar-refractivity contribution >= 4 is 11.8 Å². The molecule has 188 valence electrons. The van der Waals surface area contributed by atoms with E-state index in [1.165, 1.54) is 0 Å². The van der Waals surface area contributed by atoms with E-state index >= 15 is 0 Å². The van der Waals surface area contributed by atoms with Gasteiger partial charge in [-0.2, -0.15) is 0 Å². The van der Waals surface area contributed by atoms with E-state index in [4.69, 9.17) is 4.74 Å². The van der Waals surface area contributed by atoms with Gasteiger partial charge in [0.1, 0.15) is 11.7 Å². The SMILES string of the molecule is C[C@H]1CN([C@@H](C)CO)C(=O)c2cc(-c3ccncc3)cnc2O[C@@H]1CN(C)C(=O)Cc1cccnc1. The number of pyridine rings is 3. The number of aliphatic hydroxyl groups excluding tert-OH is 1. The van der Waals surface area contributed by atoms with Gasteiger partial charge in [-0.15, -0.1) is 0 Å². The van der Waals surface area contributed by atoms with Gasteiger partial charge in [-0.05, 0) is 42.3 Å². The average Bonchev–Trinajstić information content (AvgIpc) is 2.91. The summed E-state index contributed by atoms with van der Waals surface area (Å²) in [7, 11) is 1.74. The largest absolute Gasteiger partial charge is 0.472 e. The lowest BCUT2D eigenvalue weighted by molar-refractivity contribution is -0.130. The number of hydrogen-bond acceptors (Lipinski definition) is 7. The first-order chi connectivity index (χ1) is 17.4. The van der Waals surface area contributed by atoms with Crippen LogP contribution in [0.3, 0.4) is 0 Å². The molecule has 0 bridgehead atoms. The van der Waals surface area contributed by atoms with Gasteiger partial charge in [0.2, 0.25) is 11.8 Å². The third kappa shape index (κ3) is 5.68. The van der Waals surface area contributed by atoms with Crippen molar-refractivity contribution < 1.29 is 19.4 Å². The van der Waals surface area contributed by atoms with E-state index in [-0.39, 0.29) is 42.7 Å². The third-order valence-electron chi connectivity index (χ3n) is 6.49. The number of likely N-dealkylation sites (N-methyl/N-ethyl adjacent to an activating group) is 1. The number of nitrogens with zero attached hydrogens (tertiary/aromatic N) is 5. The Morgan fingerprint density at radius 1 is 1.19 bits per heavy atom. The van der Waals surface area contributed by atoms with Gasteiger partial charge in [-0.1, -0.05) is 13.0 Å². The van der Waals surface area contributed by atoms with Crippen LogP contribution in [0.4, 0.5) is 0 Å². The lowest BCUT2D eigenvalue weighted by Gasteiger charge is -2.37. The summed E-state index contributed by atoms with van der Waals surface area (Å²) in [6.45, 7) is 4.31. The lowest BCUT2D eigenvalue weighted by Crippen LogP contribution is -2.50. The van der Waals surface area contributed by atoms with Crippen molar-refractivity contribution in [3.8, 4) is 17.0 Å². The first kappa shape index (κ1) is 25.2. The molecule has 3 atom stereocenters. The number of carbonyl (C=O) groups excluding carboxylic acids is 2. The van der Waals surface area contributed by atoms with E-state index in [0.29, 0.717) is 18.7 Å². The summed E-state index contributed by atoms with van der Waals surface area (Å²) in [4.78, 5) is 42.4. The Labute approximate surface area is 210 Å². The predicted molar refractivity (Wildman–Crippen MR) is 134 cm³/mol. The summed E-state index contributed by atoms with van der Waals surface area (Å²) in [6, 6.07) is 8.74. The van der Waals surface area contributed by atoms with Crippen LogP contribution < -0.4 is 4.74 Å². The minimum absolute atomic E-state index is 0.0567. The van der Waals surface area contributed by atoms with E-state index < -0.39 is 6.10 Å². The van der Waals surface area contributed by atoms with E-state index in [0.717, 1.165) is 16.7 Å². The first-order valence-electron chi connectivity index (χ1n) is 12.0. The molecule has 4 rings (SSSR count). The molecule has 0 fully saturated rings. The van der Waals surface area contributed by atoms with Crippen molar-refractivity contribution in [3.05, 3.63) is 72.4 Å². The second-order valence-corrected chi connectivity index (χ2v) is 9.25. The number of rotatable bonds is 7. The summed E-state index contributed by atoms with van der Waals surface area (Å²) >= 11 is 0. The van der Waals surface area contributed by atoms with Gasteiger partial charge in [-0.25, -0.2) is 4.98 Å². The van der Waals surface area contributed by atoms with Crippen molar-refractivity contribution in [2.75, 3.05) is 26.7 Å². The molecule has 0 aliphatic carbocycles. The molecule has 9 nitrogen and oxygen atoms in total. The number of aliphatic hydroxyl groups is 1. The Balaban J connectivity index is 1.62. The number of fused-ring (bicyclic) bond motifs is 1. The maximum absolute atomic E-state index is 13.6. The van der Waals surface area contributed by atoms with Crippen LogP contribution in [-0.4, -0.2) is 80.6 Å². The van der Waals surface area contributed by atoms with Gasteiger partial charge >= 0.3 is 0 Å². The zero-order valence-corrected chi connectivity index (χ0v) is 20.7. The molecule has 3 aromatic rings. The highest BCUT2D eigenvalue weighted by Gasteiger charge is 2.34. The van der Waals surface area contributed by atoms with Crippen molar-refractivity contribution in [1.29, 1.82) is 0 Å². The molecule has 0 unspecified atom stereocenters. The normalized spacial score (nSPS) is 18.4. The van der Waals surface area contributed by atoms with Gasteiger partial charge in [0.05, 0.1) is 25.6 Å². The number of aromatic nitrogens is 3. The fourth-order valence-electron chi connectivity index (χ4n) is 4.21. The van der Waals surface area contributed by atoms with Gasteiger partial charge in [0.15, 0.2) is 0 Å². The molecule has 36 heavy (non-hydrogen) atoms. The van der Waals surface area contributed by atoms with E-state index in [1.807, 2.05) is 32.0 Å². The standard InChI is InChI=1S/C27H31N5O4/c1-18-15-32(19(2)17-33)27(35)23-12-22(21-6-9-28-10-7-21)14-30-26(23)36-24(18)16-31(3)25(34)11-20-5-4-8-29-13-20/h4-10,12-14,18-19,24,33H,11,15-17H2,1-3H3/t18-,19-,24+/m0/s1. The Morgan fingerprint density at radius 2 is 1.97 bits per heavy atom. The van der Waals surface area contributed by atoms with Crippen LogP contribution in [0, 0.1) is 5.92 Å². The third-order valence-corrected chi connectivity index (χ3v) is 6.49. The monoisotopic (exact) mass is 489 g/mol. The summed E-state index contributed by atoms with van der Waals surface area (Å²) in [5.74, 6) is -0.205. The van der Waals surface area contributed by atoms with Crippen molar-refractivity contribution in [1.82, 2.24) is 24.8 Å². The second kappa shape index (κ2) is 11.3. The summed E-state index contributed by atoms with van der Waals surface area (Å²) in [5.41, 5.74) is 2.80. The topological polar surface area (TPSA) is 109 Å². The zero-order valence-electron chi connectivity index (χ0n) is 20.7. The molecule has 3 aromatic heterocycles. The first-order valence-corrected chi connectivity index (χ1v) is 12.0. The second-order valence-electron chi connectivity index (χ2n) is 9.25. The molecule has 2 amide bonds. The molecule has 1 aliphatic heterocycles. The fraction of sp³-hybridized carbons (Fsp3) is 0.370. The van der Waals surface area contributed by atoms with Crippen LogP contribution in [-0.2, 0) is 11.2 Å². The van der Waals surface area contributed by atoms with Crippen LogP contribution in [0.2, 0.25) is 0 Å². The molecule has 4 heterocycles. The van der Waals surface area contributed by atoms with Crippen molar-refractivity contribution in [3.63, 3.8) is 0 Å². The minimum Gasteiger partial charge on any atom is -0.472 e. The van der Waals surface area contributed by atoms with Crippen molar-refractivity contribution in [2.45, 2.75) is 32.4 Å². The van der Waals surface area contributed by atoms with Gasteiger partial charge in [0.25, 0.3) is 5.91 Å². The Hall–Kier alpha value is -3.85. The van der Waals surface area contributed by atoms with Crippen LogP contribution in [0.15, 0.2) is 61.3 Å². The zero-order chi connectivity index (χ0) is 25.7. The highest BCUT2D eigenvalue weighted by molar-refractivity contribution is 5.98. The summed E-state index contributed by atoms with van der Waals surface area (Å²) in [6.07, 6.45) is 8.21. The highest BCUT2D eigenvalue weighted by Crippen LogP contribution is 2.30. The van der Waals surface area contributed by atoms with Gasteiger partial charge in [0, 0.05) is 56.1 Å². The number of amides is 2. The molecule has 0 saturated carbocycles. The maximum atomic E-state index is 13.6. The van der Waals surface area contributed by atoms with E-state index in [2.05, 4.69) is 15.0 Å². The highest BCUT2D eigenvalue weighted by atomic mass is 16.5. The number of ether oxygens (including phenoxy) is 1. The number of carbonyl (C=O) groups is 2. The average molecular weight is 490 g/mol.